The number of hydrogen-bond donors (Lipinski definition) is 0. The molecule has 0 heterocycles. The van der Waals surface area contributed by atoms with Gasteiger partial charge in [-0.2, -0.15) is 0 Å². The van der Waals surface area contributed by atoms with Crippen LogP contribution in [-0.2, 0) is 9.67 Å². The minimum Gasteiger partial charge on any atom is -0.425 e. The summed E-state index contributed by atoms with van der Waals surface area (Å²) < 4.78 is 5.26. The summed E-state index contributed by atoms with van der Waals surface area (Å²) in [7, 11) is 0. The lowest BCUT2D eigenvalue weighted by Gasteiger charge is -2.20. The SMILES string of the molecule is CC(Cl)(C(=O)Oc1ccccc1)c1ccccc1. The maximum atomic E-state index is 12.1. The third-order valence-electron chi connectivity index (χ3n) is 2.65. The molecular weight excluding hydrogens is 248 g/mol. The fraction of sp³-hybridized carbons (Fsp3) is 0.133. The maximum absolute atomic E-state index is 12.1. The molecule has 0 saturated carbocycles. The molecule has 2 nitrogen and oxygen atoms in total. The average Bonchev–Trinajstić information content (AvgIpc) is 2.41. The Bertz CT molecular complexity index is 521. The predicted molar refractivity (Wildman–Crippen MR) is 71.7 cm³/mol. The summed E-state index contributed by atoms with van der Waals surface area (Å²) in [5.74, 6) is 0.00636. The van der Waals surface area contributed by atoms with Crippen LogP contribution in [-0.4, -0.2) is 5.97 Å². The molecular formula is C15H13ClO2. The highest BCUT2D eigenvalue weighted by Crippen LogP contribution is 2.30. The van der Waals surface area contributed by atoms with E-state index in [4.69, 9.17) is 16.3 Å². The quantitative estimate of drug-likeness (QED) is 0.477. The van der Waals surface area contributed by atoms with E-state index in [2.05, 4.69) is 0 Å². The van der Waals surface area contributed by atoms with Gasteiger partial charge in [0.2, 0.25) is 0 Å². The highest BCUT2D eigenvalue weighted by molar-refractivity contribution is 6.33. The van der Waals surface area contributed by atoms with Crippen molar-refractivity contribution in [3.8, 4) is 5.75 Å². The molecule has 0 N–H and O–H groups in total. The first-order chi connectivity index (χ1) is 8.60. The summed E-state index contributed by atoms with van der Waals surface area (Å²) in [5, 5.41) is 0. The Kier molecular flexibility index (Phi) is 3.68. The number of alkyl halides is 1. The zero-order valence-electron chi connectivity index (χ0n) is 9.97. The van der Waals surface area contributed by atoms with Gasteiger partial charge in [-0.25, -0.2) is 4.79 Å². The van der Waals surface area contributed by atoms with Gasteiger partial charge in [-0.1, -0.05) is 48.5 Å². The Labute approximate surface area is 111 Å². The standard InChI is InChI=1S/C15H13ClO2/c1-15(16,12-8-4-2-5-9-12)14(17)18-13-10-6-3-7-11-13/h2-11H,1H3. The molecule has 2 aromatic rings. The molecule has 0 aromatic heterocycles. The van der Waals surface area contributed by atoms with E-state index >= 15 is 0 Å². The van der Waals surface area contributed by atoms with Crippen molar-refractivity contribution in [2.75, 3.05) is 0 Å². The number of benzene rings is 2. The Hall–Kier alpha value is -1.80. The minimum atomic E-state index is -1.18. The summed E-state index contributed by atoms with van der Waals surface area (Å²) in [4.78, 5) is 10.9. The molecule has 0 aliphatic carbocycles. The van der Waals surface area contributed by atoms with Gasteiger partial charge in [0.15, 0.2) is 4.87 Å². The lowest BCUT2D eigenvalue weighted by atomic mass is 10.0. The molecule has 3 heteroatoms. The summed E-state index contributed by atoms with van der Waals surface area (Å²) in [6.45, 7) is 1.63. The zero-order chi connectivity index (χ0) is 13.0. The smallest absolute Gasteiger partial charge is 0.336 e. The second-order valence-corrected chi connectivity index (χ2v) is 4.83. The number of halogens is 1. The van der Waals surface area contributed by atoms with Crippen LogP contribution in [0.2, 0.25) is 0 Å². The van der Waals surface area contributed by atoms with Crippen molar-refractivity contribution in [1.82, 2.24) is 0 Å². The van der Waals surface area contributed by atoms with Crippen LogP contribution >= 0.6 is 11.6 Å². The van der Waals surface area contributed by atoms with Gasteiger partial charge >= 0.3 is 5.97 Å². The first kappa shape index (κ1) is 12.7. The van der Waals surface area contributed by atoms with Gasteiger partial charge in [0.25, 0.3) is 0 Å². The highest BCUT2D eigenvalue weighted by Gasteiger charge is 2.34. The minimum absolute atomic E-state index is 0.485. The van der Waals surface area contributed by atoms with Crippen molar-refractivity contribution in [2.45, 2.75) is 11.8 Å². The molecule has 1 unspecified atom stereocenters. The number of rotatable bonds is 3. The normalized spacial score (nSPS) is 13.7. The second-order valence-electron chi connectivity index (χ2n) is 4.07. The van der Waals surface area contributed by atoms with Crippen molar-refractivity contribution >= 4 is 17.6 Å². The molecule has 0 fully saturated rings. The number of para-hydroxylation sites is 1. The summed E-state index contributed by atoms with van der Waals surface area (Å²) >= 11 is 6.29. The van der Waals surface area contributed by atoms with Crippen molar-refractivity contribution in [1.29, 1.82) is 0 Å². The van der Waals surface area contributed by atoms with E-state index < -0.39 is 10.8 Å². The van der Waals surface area contributed by atoms with E-state index in [9.17, 15) is 4.79 Å². The summed E-state index contributed by atoms with van der Waals surface area (Å²) in [6, 6.07) is 18.1. The van der Waals surface area contributed by atoms with Crippen LogP contribution in [0.3, 0.4) is 0 Å². The molecule has 2 aromatic carbocycles. The molecule has 2 rings (SSSR count). The number of carbonyl (C=O) groups excluding carboxylic acids is 1. The molecule has 0 saturated heterocycles. The number of carbonyl (C=O) groups is 1. The van der Waals surface area contributed by atoms with Crippen LogP contribution in [0.25, 0.3) is 0 Å². The third kappa shape index (κ3) is 2.71. The second kappa shape index (κ2) is 5.23. The summed E-state index contributed by atoms with van der Waals surface area (Å²) in [5.41, 5.74) is 0.715. The first-order valence-corrected chi connectivity index (χ1v) is 6.00. The fourth-order valence-electron chi connectivity index (χ4n) is 1.56. The van der Waals surface area contributed by atoms with E-state index in [-0.39, 0.29) is 0 Å². The molecule has 92 valence electrons. The molecule has 18 heavy (non-hydrogen) atoms. The molecule has 0 aliphatic rings. The van der Waals surface area contributed by atoms with Crippen LogP contribution in [0.15, 0.2) is 60.7 Å². The molecule has 0 radical (unpaired) electrons. The molecule has 0 bridgehead atoms. The Morgan fingerprint density at radius 2 is 1.50 bits per heavy atom. The van der Waals surface area contributed by atoms with E-state index in [1.165, 1.54) is 0 Å². The molecule has 0 spiro atoms. The van der Waals surface area contributed by atoms with Crippen LogP contribution < -0.4 is 4.74 Å². The first-order valence-electron chi connectivity index (χ1n) is 5.62. The van der Waals surface area contributed by atoms with E-state index in [1.54, 1.807) is 43.3 Å². The Morgan fingerprint density at radius 1 is 1.00 bits per heavy atom. The molecule has 0 aliphatic heterocycles. The van der Waals surface area contributed by atoms with Gasteiger partial charge < -0.3 is 4.74 Å². The Morgan fingerprint density at radius 3 is 2.06 bits per heavy atom. The van der Waals surface area contributed by atoms with Gasteiger partial charge in [-0.15, -0.1) is 11.6 Å². The van der Waals surface area contributed by atoms with Crippen LogP contribution in [0.5, 0.6) is 5.75 Å². The van der Waals surface area contributed by atoms with E-state index in [0.29, 0.717) is 11.3 Å². The lowest BCUT2D eigenvalue weighted by molar-refractivity contribution is -0.137. The Balaban J connectivity index is 2.18. The topological polar surface area (TPSA) is 26.3 Å². The van der Waals surface area contributed by atoms with Gasteiger partial charge in [0, 0.05) is 0 Å². The van der Waals surface area contributed by atoms with Crippen molar-refractivity contribution in [3.63, 3.8) is 0 Å². The number of esters is 1. The zero-order valence-corrected chi connectivity index (χ0v) is 10.7. The van der Waals surface area contributed by atoms with Crippen molar-refractivity contribution in [2.24, 2.45) is 0 Å². The third-order valence-corrected chi connectivity index (χ3v) is 3.03. The number of hydrogen-bond acceptors (Lipinski definition) is 2. The summed E-state index contributed by atoms with van der Waals surface area (Å²) in [6.07, 6.45) is 0. The van der Waals surface area contributed by atoms with Crippen LogP contribution in [0.4, 0.5) is 0 Å². The van der Waals surface area contributed by atoms with Gasteiger partial charge in [-0.3, -0.25) is 0 Å². The van der Waals surface area contributed by atoms with Gasteiger partial charge in [0.05, 0.1) is 0 Å². The molecule has 0 amide bonds. The van der Waals surface area contributed by atoms with E-state index in [0.717, 1.165) is 0 Å². The fourth-order valence-corrected chi connectivity index (χ4v) is 1.72. The largest absolute Gasteiger partial charge is 0.425 e. The van der Waals surface area contributed by atoms with Crippen molar-refractivity contribution in [3.05, 3.63) is 66.2 Å². The van der Waals surface area contributed by atoms with Crippen LogP contribution in [0.1, 0.15) is 12.5 Å². The molecule has 1 atom stereocenters. The van der Waals surface area contributed by atoms with Gasteiger partial charge in [-0.05, 0) is 24.6 Å². The lowest BCUT2D eigenvalue weighted by Crippen LogP contribution is -2.30. The van der Waals surface area contributed by atoms with Crippen molar-refractivity contribution < 1.29 is 9.53 Å². The van der Waals surface area contributed by atoms with Crippen LogP contribution in [0, 0.1) is 0 Å². The maximum Gasteiger partial charge on any atom is 0.336 e. The number of ether oxygens (including phenoxy) is 1. The predicted octanol–water partition coefficient (Wildman–Crippen LogP) is 3.75. The average molecular weight is 261 g/mol. The van der Waals surface area contributed by atoms with E-state index in [1.807, 2.05) is 24.3 Å². The highest BCUT2D eigenvalue weighted by atomic mass is 35.5. The monoisotopic (exact) mass is 260 g/mol. The van der Waals surface area contributed by atoms with Gasteiger partial charge in [0.1, 0.15) is 5.75 Å².